The third kappa shape index (κ3) is 4.52. The molecule has 0 atom stereocenters. The lowest BCUT2D eigenvalue weighted by Crippen LogP contribution is -2.27. The Morgan fingerprint density at radius 3 is 2.60 bits per heavy atom. The van der Waals surface area contributed by atoms with Crippen LogP contribution in [0, 0.1) is 0 Å². The van der Waals surface area contributed by atoms with Gasteiger partial charge >= 0.3 is 0 Å². The number of carbonyl (C=O) groups excluding carboxylic acids is 1. The second-order valence-corrected chi connectivity index (χ2v) is 7.43. The highest BCUT2D eigenvalue weighted by molar-refractivity contribution is 8.00. The fourth-order valence-corrected chi connectivity index (χ4v) is 3.77. The fraction of sp³-hybridized carbons (Fsp3) is 0.211. The summed E-state index contributed by atoms with van der Waals surface area (Å²) in [5.41, 5.74) is 2.03. The van der Waals surface area contributed by atoms with Crippen LogP contribution in [0.1, 0.15) is 5.56 Å². The Kier molecular flexibility index (Phi) is 5.94. The molecule has 2 aromatic carbocycles. The average molecular weight is 370 g/mol. The van der Waals surface area contributed by atoms with E-state index >= 15 is 0 Å². The number of benzene rings is 2. The van der Waals surface area contributed by atoms with Crippen molar-refractivity contribution in [3.8, 4) is 0 Å². The lowest BCUT2D eigenvalue weighted by Gasteiger charge is -2.17. The first-order valence-electron chi connectivity index (χ1n) is 7.87. The molecule has 1 aromatic heterocycles. The lowest BCUT2D eigenvalue weighted by molar-refractivity contribution is -0.127. The number of nitrogens with zero attached hydrogens (tertiary/aromatic N) is 3. The summed E-state index contributed by atoms with van der Waals surface area (Å²) in [5.74, 6) is 0.446. The largest absolute Gasteiger partial charge is 0.341 e. The van der Waals surface area contributed by atoms with E-state index in [4.69, 9.17) is 0 Å². The quantitative estimate of drug-likeness (QED) is 0.483. The molecule has 0 aliphatic rings. The number of fused-ring (bicyclic) bond motifs is 1. The van der Waals surface area contributed by atoms with Crippen LogP contribution in [0.25, 0.3) is 10.9 Å². The zero-order valence-electron chi connectivity index (χ0n) is 14.2. The molecule has 0 aliphatic carbocycles. The summed E-state index contributed by atoms with van der Waals surface area (Å²) in [6.45, 7) is 0.610. The number of hydrogen-bond acceptors (Lipinski definition) is 5. The summed E-state index contributed by atoms with van der Waals surface area (Å²) in [6, 6.07) is 16.2. The number of rotatable bonds is 6. The van der Waals surface area contributed by atoms with Crippen molar-refractivity contribution in [1.29, 1.82) is 0 Å². The SMILES string of the molecule is CSc1ccc(CN(C)C(=O)CSc2ncnc3ccccc23)cc1. The lowest BCUT2D eigenvalue weighted by atomic mass is 10.2. The van der Waals surface area contributed by atoms with Crippen LogP contribution < -0.4 is 0 Å². The van der Waals surface area contributed by atoms with Crippen LogP contribution in [0.15, 0.2) is 64.8 Å². The van der Waals surface area contributed by atoms with Gasteiger partial charge in [0.2, 0.25) is 5.91 Å². The Balaban J connectivity index is 1.61. The summed E-state index contributed by atoms with van der Waals surface area (Å²) >= 11 is 3.17. The van der Waals surface area contributed by atoms with Gasteiger partial charge in [0.05, 0.1) is 11.3 Å². The highest BCUT2D eigenvalue weighted by Crippen LogP contribution is 2.24. The van der Waals surface area contributed by atoms with Crippen LogP contribution in [0.4, 0.5) is 0 Å². The Bertz CT molecular complexity index is 863. The molecular weight excluding hydrogens is 350 g/mol. The van der Waals surface area contributed by atoms with E-state index in [1.54, 1.807) is 23.0 Å². The molecule has 3 rings (SSSR count). The number of aromatic nitrogens is 2. The molecule has 0 saturated heterocycles. The molecule has 25 heavy (non-hydrogen) atoms. The van der Waals surface area contributed by atoms with Crippen LogP contribution in [0.2, 0.25) is 0 Å². The number of amides is 1. The van der Waals surface area contributed by atoms with Crippen LogP contribution >= 0.6 is 23.5 Å². The van der Waals surface area contributed by atoms with E-state index in [1.807, 2.05) is 31.3 Å². The van der Waals surface area contributed by atoms with E-state index in [0.29, 0.717) is 12.3 Å². The maximum atomic E-state index is 12.4. The van der Waals surface area contributed by atoms with Crippen molar-refractivity contribution in [2.24, 2.45) is 0 Å². The van der Waals surface area contributed by atoms with Gasteiger partial charge < -0.3 is 4.90 Å². The van der Waals surface area contributed by atoms with E-state index in [-0.39, 0.29) is 5.91 Å². The minimum absolute atomic E-state index is 0.0848. The molecule has 0 aliphatic heterocycles. The molecule has 0 radical (unpaired) electrons. The van der Waals surface area contributed by atoms with Crippen molar-refractivity contribution in [2.45, 2.75) is 16.5 Å². The van der Waals surface area contributed by atoms with Crippen LogP contribution in [-0.4, -0.2) is 39.8 Å². The van der Waals surface area contributed by atoms with E-state index in [0.717, 1.165) is 21.5 Å². The Hall–Kier alpha value is -2.05. The molecule has 0 N–H and O–H groups in total. The standard InChI is InChI=1S/C19H19N3OS2/c1-22(11-14-7-9-15(24-2)10-8-14)18(23)12-25-19-16-5-3-4-6-17(16)20-13-21-19/h3-10,13H,11-12H2,1-2H3. The van der Waals surface area contributed by atoms with E-state index in [9.17, 15) is 4.79 Å². The number of para-hydroxylation sites is 1. The molecule has 0 bridgehead atoms. The predicted molar refractivity (Wildman–Crippen MR) is 105 cm³/mol. The highest BCUT2D eigenvalue weighted by atomic mass is 32.2. The first-order valence-corrected chi connectivity index (χ1v) is 10.1. The minimum Gasteiger partial charge on any atom is -0.341 e. The molecule has 4 nitrogen and oxygen atoms in total. The van der Waals surface area contributed by atoms with Gasteiger partial charge in [-0.2, -0.15) is 0 Å². The smallest absolute Gasteiger partial charge is 0.233 e. The molecule has 0 unspecified atom stereocenters. The molecule has 128 valence electrons. The third-order valence-corrected chi connectivity index (χ3v) is 5.58. The first kappa shape index (κ1) is 17.8. The van der Waals surface area contributed by atoms with E-state index in [2.05, 4.69) is 40.5 Å². The maximum absolute atomic E-state index is 12.4. The van der Waals surface area contributed by atoms with Crippen molar-refractivity contribution >= 4 is 40.3 Å². The van der Waals surface area contributed by atoms with Gasteiger partial charge in [-0.1, -0.05) is 42.1 Å². The monoisotopic (exact) mass is 369 g/mol. The number of carbonyl (C=O) groups is 1. The highest BCUT2D eigenvalue weighted by Gasteiger charge is 2.12. The molecule has 6 heteroatoms. The Morgan fingerprint density at radius 1 is 1.08 bits per heavy atom. The van der Waals surface area contributed by atoms with E-state index in [1.165, 1.54) is 16.7 Å². The topological polar surface area (TPSA) is 46.1 Å². The fourth-order valence-electron chi connectivity index (χ4n) is 2.43. The normalized spacial score (nSPS) is 10.8. The zero-order chi connectivity index (χ0) is 17.6. The summed E-state index contributed by atoms with van der Waals surface area (Å²) in [4.78, 5) is 24.0. The summed E-state index contributed by atoms with van der Waals surface area (Å²) < 4.78 is 0. The van der Waals surface area contributed by atoms with Crippen molar-refractivity contribution in [1.82, 2.24) is 14.9 Å². The minimum atomic E-state index is 0.0848. The van der Waals surface area contributed by atoms with Gasteiger partial charge in [0.25, 0.3) is 0 Å². The second kappa shape index (κ2) is 8.36. The first-order chi connectivity index (χ1) is 12.2. The second-order valence-electron chi connectivity index (χ2n) is 5.58. The van der Waals surface area contributed by atoms with Gasteiger partial charge in [0.15, 0.2) is 0 Å². The Morgan fingerprint density at radius 2 is 1.84 bits per heavy atom. The molecule has 0 spiro atoms. The van der Waals surface area contributed by atoms with Gasteiger partial charge in [-0.05, 0) is 30.0 Å². The summed E-state index contributed by atoms with van der Waals surface area (Å²) in [6.07, 6.45) is 3.60. The number of hydrogen-bond donors (Lipinski definition) is 0. The summed E-state index contributed by atoms with van der Waals surface area (Å²) in [5, 5.41) is 1.83. The van der Waals surface area contributed by atoms with Gasteiger partial charge in [0.1, 0.15) is 11.4 Å². The zero-order valence-corrected chi connectivity index (χ0v) is 15.8. The number of thioether (sulfide) groups is 2. The van der Waals surface area contributed by atoms with Crippen LogP contribution in [-0.2, 0) is 11.3 Å². The molecule has 1 amide bonds. The molecule has 1 heterocycles. The molecule has 0 saturated carbocycles. The van der Waals surface area contributed by atoms with Crippen molar-refractivity contribution in [2.75, 3.05) is 19.1 Å². The third-order valence-electron chi connectivity index (χ3n) is 3.84. The van der Waals surface area contributed by atoms with Gasteiger partial charge in [0, 0.05) is 23.9 Å². The Labute approximate surface area is 156 Å². The molecule has 3 aromatic rings. The van der Waals surface area contributed by atoms with Crippen molar-refractivity contribution in [3.63, 3.8) is 0 Å². The molecule has 0 fully saturated rings. The van der Waals surface area contributed by atoms with Crippen molar-refractivity contribution in [3.05, 3.63) is 60.4 Å². The van der Waals surface area contributed by atoms with Crippen molar-refractivity contribution < 1.29 is 4.79 Å². The van der Waals surface area contributed by atoms with E-state index < -0.39 is 0 Å². The predicted octanol–water partition coefficient (Wildman–Crippen LogP) is 4.10. The van der Waals surface area contributed by atoms with Crippen LogP contribution in [0.3, 0.4) is 0 Å². The molecular formula is C19H19N3OS2. The van der Waals surface area contributed by atoms with Gasteiger partial charge in [-0.3, -0.25) is 4.79 Å². The average Bonchev–Trinajstić information content (AvgIpc) is 2.66. The van der Waals surface area contributed by atoms with Crippen LogP contribution in [0.5, 0.6) is 0 Å². The maximum Gasteiger partial charge on any atom is 0.233 e. The van der Waals surface area contributed by atoms with Gasteiger partial charge in [-0.15, -0.1) is 11.8 Å². The summed E-state index contributed by atoms with van der Waals surface area (Å²) in [7, 11) is 1.84. The van der Waals surface area contributed by atoms with Gasteiger partial charge in [-0.25, -0.2) is 9.97 Å².